The Bertz CT molecular complexity index is 542. The molecule has 3 heterocycles. The van der Waals surface area contributed by atoms with Crippen LogP contribution >= 0.6 is 0 Å². The van der Waals surface area contributed by atoms with E-state index in [0.29, 0.717) is 19.5 Å². The molecule has 7 nitrogen and oxygen atoms in total. The zero-order valence-corrected chi connectivity index (χ0v) is 15.0. The summed E-state index contributed by atoms with van der Waals surface area (Å²) < 4.78 is 5.98. The van der Waals surface area contributed by atoms with Crippen LogP contribution in [0.4, 0.5) is 0 Å². The molecule has 1 saturated carbocycles. The Hall–Kier alpha value is -1.18. The molecule has 0 spiro atoms. The van der Waals surface area contributed by atoms with Crippen molar-refractivity contribution >= 4 is 11.8 Å². The van der Waals surface area contributed by atoms with Crippen molar-refractivity contribution in [1.82, 2.24) is 14.7 Å². The lowest BCUT2D eigenvalue weighted by molar-refractivity contribution is -0.152. The second kappa shape index (κ2) is 6.52. The molecule has 2 amide bonds. The van der Waals surface area contributed by atoms with Crippen LogP contribution in [0.5, 0.6) is 0 Å². The van der Waals surface area contributed by atoms with Gasteiger partial charge in [0, 0.05) is 39.3 Å². The van der Waals surface area contributed by atoms with Crippen LogP contribution in [-0.2, 0) is 14.3 Å². The van der Waals surface area contributed by atoms with E-state index in [1.54, 1.807) is 0 Å². The molecule has 0 radical (unpaired) electrons. The summed E-state index contributed by atoms with van der Waals surface area (Å²) >= 11 is 0. The lowest BCUT2D eigenvalue weighted by atomic mass is 9.77. The Morgan fingerprint density at radius 1 is 1.12 bits per heavy atom. The van der Waals surface area contributed by atoms with Crippen LogP contribution < -0.4 is 0 Å². The summed E-state index contributed by atoms with van der Waals surface area (Å²) in [7, 11) is 2.08. The lowest BCUT2D eigenvalue weighted by Gasteiger charge is -2.39. The topological polar surface area (TPSA) is 73.3 Å². The first-order valence-corrected chi connectivity index (χ1v) is 9.56. The molecule has 4 fully saturated rings. The van der Waals surface area contributed by atoms with Crippen LogP contribution in [-0.4, -0.2) is 95.7 Å². The smallest absolute Gasteiger partial charge is 0.228 e. The van der Waals surface area contributed by atoms with Gasteiger partial charge in [0.15, 0.2) is 0 Å². The number of likely N-dealkylation sites (N-methyl/N-ethyl adjacent to an activating group) is 1. The first-order valence-electron chi connectivity index (χ1n) is 9.56. The summed E-state index contributed by atoms with van der Waals surface area (Å²) in [5.74, 6) is 0.0683. The Balaban J connectivity index is 1.35. The third kappa shape index (κ3) is 3.41. The molecule has 3 aliphatic heterocycles. The lowest BCUT2D eigenvalue weighted by Crippen LogP contribution is -2.52. The largest absolute Gasteiger partial charge is 0.389 e. The van der Waals surface area contributed by atoms with Crippen molar-refractivity contribution in [3.05, 3.63) is 0 Å². The van der Waals surface area contributed by atoms with Crippen LogP contribution in [0, 0.1) is 5.92 Å². The number of likely N-dealkylation sites (tertiary alicyclic amines) is 1. The van der Waals surface area contributed by atoms with E-state index in [1.165, 1.54) is 0 Å². The molecular formula is C18H29N3O4. The molecule has 3 unspecified atom stereocenters. The van der Waals surface area contributed by atoms with Gasteiger partial charge >= 0.3 is 0 Å². The SMILES string of the molecule is CN1CCN(C(=O)C2CC3CN(C(=O)CC4(O)CCC4)CC2O3)CC1. The summed E-state index contributed by atoms with van der Waals surface area (Å²) in [6.45, 7) is 4.42. The Labute approximate surface area is 148 Å². The monoisotopic (exact) mass is 351 g/mol. The maximum atomic E-state index is 12.9. The van der Waals surface area contributed by atoms with Crippen molar-refractivity contribution in [2.75, 3.05) is 46.3 Å². The molecule has 7 heteroatoms. The minimum atomic E-state index is -0.788. The molecule has 0 aromatic heterocycles. The maximum Gasteiger partial charge on any atom is 0.228 e. The van der Waals surface area contributed by atoms with Crippen molar-refractivity contribution in [1.29, 1.82) is 0 Å². The molecule has 140 valence electrons. The van der Waals surface area contributed by atoms with Crippen LogP contribution in [0.15, 0.2) is 0 Å². The number of morpholine rings is 1. The predicted molar refractivity (Wildman–Crippen MR) is 90.8 cm³/mol. The highest BCUT2D eigenvalue weighted by Crippen LogP contribution is 2.37. The van der Waals surface area contributed by atoms with Crippen molar-refractivity contribution in [2.45, 2.75) is 49.9 Å². The number of hydrogen-bond acceptors (Lipinski definition) is 5. The van der Waals surface area contributed by atoms with Gasteiger partial charge in [-0.3, -0.25) is 9.59 Å². The maximum absolute atomic E-state index is 12.9. The second-order valence-corrected chi connectivity index (χ2v) is 8.32. The van der Waals surface area contributed by atoms with Crippen molar-refractivity contribution in [3.63, 3.8) is 0 Å². The molecule has 1 N–H and O–H groups in total. The highest BCUT2D eigenvalue weighted by atomic mass is 16.5. The van der Waals surface area contributed by atoms with Gasteiger partial charge in [-0.15, -0.1) is 0 Å². The summed E-state index contributed by atoms with van der Waals surface area (Å²) in [6.07, 6.45) is 3.14. The van der Waals surface area contributed by atoms with Crippen molar-refractivity contribution in [2.24, 2.45) is 5.92 Å². The molecule has 2 bridgehead atoms. The number of nitrogens with zero attached hydrogens (tertiary/aromatic N) is 3. The van der Waals surface area contributed by atoms with Crippen molar-refractivity contribution < 1.29 is 19.4 Å². The normalized spacial score (nSPS) is 34.7. The van der Waals surface area contributed by atoms with Crippen LogP contribution in [0.2, 0.25) is 0 Å². The number of aliphatic hydroxyl groups is 1. The highest BCUT2D eigenvalue weighted by Gasteiger charge is 2.48. The van der Waals surface area contributed by atoms with E-state index in [4.69, 9.17) is 4.74 Å². The van der Waals surface area contributed by atoms with E-state index in [1.807, 2.05) is 9.80 Å². The number of ether oxygens (including phenoxy) is 1. The van der Waals surface area contributed by atoms with Gasteiger partial charge in [0.1, 0.15) is 0 Å². The summed E-state index contributed by atoms with van der Waals surface area (Å²) in [5, 5.41) is 10.2. The molecule has 4 rings (SSSR count). The van der Waals surface area contributed by atoms with Crippen molar-refractivity contribution in [3.8, 4) is 0 Å². The molecule has 0 aromatic carbocycles. The van der Waals surface area contributed by atoms with Gasteiger partial charge in [0.25, 0.3) is 0 Å². The van der Waals surface area contributed by atoms with Crippen LogP contribution in [0.3, 0.4) is 0 Å². The quantitative estimate of drug-likeness (QED) is 0.755. The van der Waals surface area contributed by atoms with Gasteiger partial charge in [-0.1, -0.05) is 0 Å². The Kier molecular flexibility index (Phi) is 4.50. The predicted octanol–water partition coefficient (Wildman–Crippen LogP) is -0.319. The number of hydrogen-bond donors (Lipinski definition) is 1. The number of amides is 2. The first kappa shape index (κ1) is 17.2. The van der Waals surface area contributed by atoms with E-state index in [0.717, 1.165) is 45.4 Å². The number of fused-ring (bicyclic) bond motifs is 2. The first-order chi connectivity index (χ1) is 11.9. The van der Waals surface area contributed by atoms with Crippen LogP contribution in [0.25, 0.3) is 0 Å². The fraction of sp³-hybridized carbons (Fsp3) is 0.889. The zero-order valence-electron chi connectivity index (χ0n) is 15.0. The summed E-state index contributed by atoms with van der Waals surface area (Å²) in [4.78, 5) is 31.4. The van der Waals surface area contributed by atoms with Gasteiger partial charge in [0.05, 0.1) is 30.1 Å². The standard InChI is InChI=1S/C18H29N3O4/c1-19-5-7-20(8-6-19)17(23)14-9-13-11-21(12-15(14)25-13)16(22)10-18(24)3-2-4-18/h13-15,24H,2-12H2,1H3. The van der Waals surface area contributed by atoms with Crippen LogP contribution in [0.1, 0.15) is 32.1 Å². The Morgan fingerprint density at radius 2 is 1.84 bits per heavy atom. The third-order valence-electron chi connectivity index (χ3n) is 6.41. The van der Waals surface area contributed by atoms with Gasteiger partial charge in [0.2, 0.25) is 11.8 Å². The molecule has 1 aliphatic carbocycles. The molecule has 4 aliphatic rings. The summed E-state index contributed by atoms with van der Waals surface area (Å²) in [6, 6.07) is 0. The van der Waals surface area contributed by atoms with E-state index in [-0.39, 0.29) is 36.4 Å². The fourth-order valence-corrected chi connectivity index (χ4v) is 4.54. The minimum Gasteiger partial charge on any atom is -0.389 e. The van der Waals surface area contributed by atoms with E-state index in [9.17, 15) is 14.7 Å². The highest BCUT2D eigenvalue weighted by molar-refractivity contribution is 5.81. The average Bonchev–Trinajstić information content (AvgIpc) is 2.87. The van der Waals surface area contributed by atoms with Gasteiger partial charge in [-0.05, 0) is 32.7 Å². The zero-order chi connectivity index (χ0) is 17.6. The number of rotatable bonds is 3. The van der Waals surface area contributed by atoms with Gasteiger partial charge < -0.3 is 24.5 Å². The second-order valence-electron chi connectivity index (χ2n) is 8.32. The molecular weight excluding hydrogens is 322 g/mol. The molecule has 3 atom stereocenters. The number of carbonyl (C=O) groups is 2. The van der Waals surface area contributed by atoms with E-state index in [2.05, 4.69) is 11.9 Å². The minimum absolute atomic E-state index is 0.00759. The van der Waals surface area contributed by atoms with Gasteiger partial charge in [-0.2, -0.15) is 0 Å². The molecule has 25 heavy (non-hydrogen) atoms. The Morgan fingerprint density at radius 3 is 2.48 bits per heavy atom. The van der Waals surface area contributed by atoms with E-state index >= 15 is 0 Å². The fourth-order valence-electron chi connectivity index (χ4n) is 4.54. The average molecular weight is 351 g/mol. The molecule has 3 saturated heterocycles. The van der Waals surface area contributed by atoms with E-state index < -0.39 is 5.60 Å². The van der Waals surface area contributed by atoms with Gasteiger partial charge in [-0.25, -0.2) is 0 Å². The third-order valence-corrected chi connectivity index (χ3v) is 6.41. The molecule has 0 aromatic rings. The number of carbonyl (C=O) groups excluding carboxylic acids is 2. The summed E-state index contributed by atoms with van der Waals surface area (Å²) in [5.41, 5.74) is -0.788. The number of piperazine rings is 1.